The van der Waals surface area contributed by atoms with Crippen LogP contribution in [0.5, 0.6) is 0 Å². The van der Waals surface area contributed by atoms with Crippen LogP contribution in [0, 0.1) is 23.1 Å². The summed E-state index contributed by atoms with van der Waals surface area (Å²) in [5.41, 5.74) is 1.70. The zero-order valence-corrected chi connectivity index (χ0v) is 18.5. The first-order chi connectivity index (χ1) is 14.2. The molecule has 0 spiro atoms. The highest BCUT2D eigenvalue weighted by Crippen LogP contribution is 2.33. The topological polar surface area (TPSA) is 102 Å². The van der Waals surface area contributed by atoms with Crippen LogP contribution in [-0.4, -0.2) is 26.5 Å². The third-order valence-corrected chi connectivity index (χ3v) is 7.57. The number of aromatic nitrogens is 1. The summed E-state index contributed by atoms with van der Waals surface area (Å²) in [5, 5.41) is 22.9. The molecular weight excluding hydrogens is 405 g/mol. The lowest BCUT2D eigenvalue weighted by Gasteiger charge is -2.21. The summed E-state index contributed by atoms with van der Waals surface area (Å²) in [4.78, 5) is 0.600. The van der Waals surface area contributed by atoms with E-state index in [0.717, 1.165) is 12.0 Å². The van der Waals surface area contributed by atoms with Crippen molar-refractivity contribution in [3.63, 3.8) is 0 Å². The van der Waals surface area contributed by atoms with Crippen molar-refractivity contribution in [3.8, 4) is 6.07 Å². The Kier molecular flexibility index (Phi) is 6.50. The van der Waals surface area contributed by atoms with E-state index in [1.54, 1.807) is 23.9 Å². The van der Waals surface area contributed by atoms with Crippen LogP contribution in [0.2, 0.25) is 0 Å². The average molecular weight is 434 g/mol. The summed E-state index contributed by atoms with van der Waals surface area (Å²) in [7, 11) is -1.05. The molecule has 2 unspecified atom stereocenters. The number of nitrogens with zero attached hydrogens (tertiary/aromatic N) is 3. The largest absolute Gasteiger partial charge is 0.368 e. The van der Waals surface area contributed by atoms with Gasteiger partial charge in [-0.1, -0.05) is 13.8 Å². The number of nitrogens with one attached hydrogen (secondary N) is 2. The molecule has 9 heteroatoms. The lowest BCUT2D eigenvalue weighted by Crippen LogP contribution is -2.37. The number of aliphatic hydroxyl groups excluding tert-OH is 1. The number of aryl methyl sites for hydroxylation is 1. The van der Waals surface area contributed by atoms with Gasteiger partial charge in [0.1, 0.15) is 21.8 Å². The standard InChI is InChI=1S/C21H28FN5O2S/c1-5-24-30(29)19-12-27(4)20(16(19)7-9-18(26-30)13(2)3)21(28)25-15-6-8-17(22)14(10-15)11-23/h6,8,10,12-13,18,21,25,28H,5,7,9H2,1-4H3,(H,24,26,29)/t18-,21?,30?/m1/s1. The SMILES string of the molecule is CCN=S1(=O)N[C@@H](C(C)C)CCc2c1cn(C)c2C(O)Nc1ccc(F)c(C#N)c1. The molecular formula is C21H28FN5O2S. The molecule has 7 nitrogen and oxygen atoms in total. The molecule has 1 aromatic carbocycles. The van der Waals surface area contributed by atoms with Gasteiger partial charge in [-0.05, 0) is 49.4 Å². The minimum Gasteiger partial charge on any atom is -0.368 e. The van der Waals surface area contributed by atoms with Gasteiger partial charge in [-0.25, -0.2) is 17.7 Å². The van der Waals surface area contributed by atoms with Crippen molar-refractivity contribution in [2.24, 2.45) is 17.3 Å². The fourth-order valence-electron chi connectivity index (χ4n) is 3.82. The second kappa shape index (κ2) is 8.76. The third kappa shape index (κ3) is 4.21. The number of anilines is 1. The van der Waals surface area contributed by atoms with Crippen LogP contribution >= 0.6 is 0 Å². The van der Waals surface area contributed by atoms with Gasteiger partial charge in [0.25, 0.3) is 0 Å². The lowest BCUT2D eigenvalue weighted by atomic mass is 9.97. The number of aliphatic hydroxyl groups is 1. The molecule has 2 heterocycles. The zero-order chi connectivity index (χ0) is 22.1. The lowest BCUT2D eigenvalue weighted by molar-refractivity contribution is 0.198. The molecule has 0 saturated carbocycles. The quantitative estimate of drug-likeness (QED) is 0.629. The summed E-state index contributed by atoms with van der Waals surface area (Å²) in [6, 6.07) is 5.84. The van der Waals surface area contributed by atoms with Crippen molar-refractivity contribution in [2.45, 2.75) is 50.8 Å². The molecule has 2 aromatic rings. The molecule has 3 atom stereocenters. The van der Waals surface area contributed by atoms with E-state index < -0.39 is 22.0 Å². The minimum atomic E-state index is -2.83. The molecule has 0 radical (unpaired) electrons. The van der Waals surface area contributed by atoms with Crippen LogP contribution in [0.25, 0.3) is 0 Å². The monoisotopic (exact) mass is 433 g/mol. The second-order valence-electron chi connectivity index (χ2n) is 7.80. The summed E-state index contributed by atoms with van der Waals surface area (Å²) in [5.74, 6) is -0.331. The maximum Gasteiger partial charge on any atom is 0.166 e. The van der Waals surface area contributed by atoms with E-state index in [4.69, 9.17) is 5.26 Å². The fourth-order valence-corrected chi connectivity index (χ4v) is 6.17. The van der Waals surface area contributed by atoms with Crippen molar-refractivity contribution in [1.29, 1.82) is 5.26 Å². The van der Waals surface area contributed by atoms with Crippen molar-refractivity contribution in [1.82, 2.24) is 9.29 Å². The first-order valence-electron chi connectivity index (χ1n) is 10.0. The van der Waals surface area contributed by atoms with Gasteiger partial charge in [0.15, 0.2) is 6.23 Å². The Balaban J connectivity index is 2.03. The van der Waals surface area contributed by atoms with E-state index in [1.807, 2.05) is 6.92 Å². The molecule has 1 aromatic heterocycles. The summed E-state index contributed by atoms with van der Waals surface area (Å²) in [6.45, 7) is 6.43. The molecule has 3 N–H and O–H groups in total. The predicted octanol–water partition coefficient (Wildman–Crippen LogP) is 3.46. The summed E-state index contributed by atoms with van der Waals surface area (Å²) >= 11 is 0. The Labute approximate surface area is 177 Å². The van der Waals surface area contributed by atoms with Gasteiger partial charge in [-0.2, -0.15) is 5.26 Å². The van der Waals surface area contributed by atoms with Crippen LogP contribution < -0.4 is 10.0 Å². The van der Waals surface area contributed by atoms with Gasteiger partial charge >= 0.3 is 0 Å². The van der Waals surface area contributed by atoms with E-state index >= 15 is 0 Å². The molecule has 0 bridgehead atoms. The van der Waals surface area contributed by atoms with Gasteiger partial charge in [0, 0.05) is 31.5 Å². The maximum absolute atomic E-state index is 13.8. The van der Waals surface area contributed by atoms with Gasteiger partial charge in [0.05, 0.1) is 16.2 Å². The summed E-state index contributed by atoms with van der Waals surface area (Å²) in [6.07, 6.45) is 2.04. The molecule has 0 fully saturated rings. The Morgan fingerprint density at radius 1 is 1.50 bits per heavy atom. The first kappa shape index (κ1) is 22.3. The van der Waals surface area contributed by atoms with Crippen molar-refractivity contribution in [3.05, 3.63) is 47.0 Å². The fraction of sp³-hybridized carbons (Fsp3) is 0.476. The summed E-state index contributed by atoms with van der Waals surface area (Å²) < 4.78 is 36.8. The van der Waals surface area contributed by atoms with Crippen LogP contribution in [-0.2, 0) is 23.4 Å². The van der Waals surface area contributed by atoms with Crippen molar-refractivity contribution < 1.29 is 13.7 Å². The molecule has 3 rings (SSSR count). The molecule has 1 aliphatic heterocycles. The highest BCUT2D eigenvalue weighted by atomic mass is 32.2. The smallest absolute Gasteiger partial charge is 0.166 e. The van der Waals surface area contributed by atoms with E-state index in [0.29, 0.717) is 29.2 Å². The van der Waals surface area contributed by atoms with Gasteiger partial charge < -0.3 is 15.0 Å². The highest BCUT2D eigenvalue weighted by molar-refractivity contribution is 7.91. The van der Waals surface area contributed by atoms with E-state index in [1.165, 1.54) is 18.2 Å². The van der Waals surface area contributed by atoms with Crippen LogP contribution in [0.3, 0.4) is 0 Å². The van der Waals surface area contributed by atoms with Gasteiger partial charge in [-0.3, -0.25) is 0 Å². The van der Waals surface area contributed by atoms with E-state index in [9.17, 15) is 13.7 Å². The molecule has 0 aliphatic carbocycles. The molecule has 1 aliphatic rings. The molecule has 162 valence electrons. The number of halogens is 1. The van der Waals surface area contributed by atoms with E-state index in [2.05, 4.69) is 28.2 Å². The van der Waals surface area contributed by atoms with Crippen LogP contribution in [0.4, 0.5) is 10.1 Å². The maximum atomic E-state index is 13.8. The highest BCUT2D eigenvalue weighted by Gasteiger charge is 2.32. The van der Waals surface area contributed by atoms with Crippen LogP contribution in [0.15, 0.2) is 33.7 Å². The predicted molar refractivity (Wildman–Crippen MR) is 115 cm³/mol. The minimum absolute atomic E-state index is 0.0405. The van der Waals surface area contributed by atoms with Crippen LogP contribution in [0.1, 0.15) is 50.2 Å². The van der Waals surface area contributed by atoms with Crippen molar-refractivity contribution >= 4 is 15.6 Å². The molecule has 0 saturated heterocycles. The normalized spacial score (nSPS) is 22.1. The number of benzene rings is 1. The zero-order valence-electron chi connectivity index (χ0n) is 17.6. The molecule has 0 amide bonds. The molecule has 30 heavy (non-hydrogen) atoms. The Morgan fingerprint density at radius 2 is 2.23 bits per heavy atom. The van der Waals surface area contributed by atoms with Crippen molar-refractivity contribution in [2.75, 3.05) is 11.9 Å². The number of fused-ring (bicyclic) bond motifs is 1. The third-order valence-electron chi connectivity index (χ3n) is 5.38. The number of hydrogen-bond acceptors (Lipinski definition) is 5. The number of hydrogen-bond donors (Lipinski definition) is 3. The number of rotatable bonds is 5. The second-order valence-corrected chi connectivity index (χ2v) is 9.78. The van der Waals surface area contributed by atoms with Gasteiger partial charge in [-0.15, -0.1) is 0 Å². The Bertz CT molecular complexity index is 1100. The first-order valence-corrected chi connectivity index (χ1v) is 11.5. The average Bonchev–Trinajstić information content (AvgIpc) is 2.96. The van der Waals surface area contributed by atoms with Gasteiger partial charge in [0.2, 0.25) is 0 Å². The Hall–Kier alpha value is -2.41. The van der Waals surface area contributed by atoms with E-state index in [-0.39, 0.29) is 17.5 Å². The Morgan fingerprint density at radius 3 is 2.87 bits per heavy atom. The number of nitriles is 1.